The first-order valence-electron chi connectivity index (χ1n) is 4.74. The second-order valence-corrected chi connectivity index (χ2v) is 5.16. The first-order chi connectivity index (χ1) is 4.74. The Morgan fingerprint density at radius 3 is 2.60 bits per heavy atom. The van der Waals surface area contributed by atoms with Crippen LogP contribution in [0.3, 0.4) is 0 Å². The highest BCUT2D eigenvalue weighted by atomic mass is 14.9. The molecule has 0 bridgehead atoms. The van der Waals surface area contributed by atoms with Crippen molar-refractivity contribution in [3.63, 3.8) is 0 Å². The predicted octanol–water partition coefficient (Wildman–Crippen LogP) is 2.69. The van der Waals surface area contributed by atoms with E-state index in [-0.39, 0.29) is 0 Å². The molecule has 10 heavy (non-hydrogen) atoms. The molecule has 3 aliphatic carbocycles. The molecule has 0 aromatic rings. The molecule has 0 heterocycles. The van der Waals surface area contributed by atoms with Gasteiger partial charge in [0.25, 0.3) is 0 Å². The van der Waals surface area contributed by atoms with E-state index in [1.807, 2.05) is 0 Å². The quantitative estimate of drug-likeness (QED) is 0.547. The van der Waals surface area contributed by atoms with Gasteiger partial charge < -0.3 is 0 Å². The molecule has 56 valence electrons. The first kappa shape index (κ1) is 5.62. The van der Waals surface area contributed by atoms with Crippen LogP contribution in [0.1, 0.15) is 33.1 Å². The Morgan fingerprint density at radius 1 is 1.50 bits per heavy atom. The van der Waals surface area contributed by atoms with E-state index in [2.05, 4.69) is 13.8 Å². The number of hydrogen-bond acceptors (Lipinski definition) is 0. The zero-order valence-electron chi connectivity index (χ0n) is 6.93. The number of hydrogen-bond donors (Lipinski definition) is 0. The fraction of sp³-hybridized carbons (Fsp3) is 1.00. The third-order valence-electron chi connectivity index (χ3n) is 4.22. The normalized spacial score (nSPS) is 60.9. The largest absolute Gasteiger partial charge is 0.0628 e. The van der Waals surface area contributed by atoms with E-state index in [4.69, 9.17) is 0 Å². The molecular weight excluding hydrogens is 120 g/mol. The lowest BCUT2D eigenvalue weighted by molar-refractivity contribution is 0.154. The lowest BCUT2D eigenvalue weighted by Gasteiger charge is -2.34. The van der Waals surface area contributed by atoms with Crippen LogP contribution in [0.15, 0.2) is 0 Å². The monoisotopic (exact) mass is 136 g/mol. The summed E-state index contributed by atoms with van der Waals surface area (Å²) in [5, 5.41) is 0. The van der Waals surface area contributed by atoms with Crippen molar-refractivity contribution in [3.05, 3.63) is 0 Å². The molecular formula is C10H16. The summed E-state index contributed by atoms with van der Waals surface area (Å²) >= 11 is 0. The molecule has 0 amide bonds. The van der Waals surface area contributed by atoms with Crippen molar-refractivity contribution in [2.24, 2.45) is 29.1 Å². The fourth-order valence-electron chi connectivity index (χ4n) is 4.02. The Hall–Kier alpha value is 0. The summed E-state index contributed by atoms with van der Waals surface area (Å²) in [6, 6.07) is 0. The van der Waals surface area contributed by atoms with Crippen molar-refractivity contribution in [1.29, 1.82) is 0 Å². The molecule has 0 aliphatic heterocycles. The highest BCUT2D eigenvalue weighted by molar-refractivity contribution is 5.29. The lowest BCUT2D eigenvalue weighted by Crippen LogP contribution is -2.26. The molecule has 0 heteroatoms. The number of fused-ring (bicyclic) bond motifs is 1. The van der Waals surface area contributed by atoms with Crippen molar-refractivity contribution >= 4 is 0 Å². The van der Waals surface area contributed by atoms with Crippen LogP contribution in [-0.4, -0.2) is 0 Å². The summed E-state index contributed by atoms with van der Waals surface area (Å²) in [5.41, 5.74) is 0.943. The van der Waals surface area contributed by atoms with E-state index in [1.54, 1.807) is 19.3 Å². The zero-order valence-corrected chi connectivity index (χ0v) is 6.93. The second-order valence-electron chi connectivity index (χ2n) is 5.16. The molecule has 3 rings (SSSR count). The molecule has 0 spiro atoms. The van der Waals surface area contributed by atoms with Crippen LogP contribution in [0.4, 0.5) is 0 Å². The van der Waals surface area contributed by atoms with E-state index in [9.17, 15) is 0 Å². The average molecular weight is 136 g/mol. The Kier molecular flexibility index (Phi) is 0.735. The van der Waals surface area contributed by atoms with Crippen LogP contribution >= 0.6 is 0 Å². The average Bonchev–Trinajstić information content (AvgIpc) is 2.19. The van der Waals surface area contributed by atoms with Crippen LogP contribution < -0.4 is 0 Å². The molecule has 0 aromatic carbocycles. The molecule has 3 fully saturated rings. The summed E-state index contributed by atoms with van der Waals surface area (Å²) in [7, 11) is 0. The minimum absolute atomic E-state index is 0.943. The number of rotatable bonds is 2. The highest BCUT2D eigenvalue weighted by Gasteiger charge is 2.81. The van der Waals surface area contributed by atoms with Gasteiger partial charge in [-0.1, -0.05) is 13.8 Å². The fourth-order valence-corrected chi connectivity index (χ4v) is 4.02. The summed E-state index contributed by atoms with van der Waals surface area (Å²) in [4.78, 5) is 0. The molecule has 0 N–H and O–H groups in total. The molecule has 0 saturated heterocycles. The van der Waals surface area contributed by atoms with E-state index >= 15 is 0 Å². The highest BCUT2D eigenvalue weighted by Crippen LogP contribution is 2.87. The van der Waals surface area contributed by atoms with E-state index in [0.717, 1.165) is 11.3 Å². The topological polar surface area (TPSA) is 0 Å². The van der Waals surface area contributed by atoms with Gasteiger partial charge in [-0.25, -0.2) is 0 Å². The maximum Gasteiger partial charge on any atom is -0.0227 e. The molecule has 3 saturated carbocycles. The van der Waals surface area contributed by atoms with Gasteiger partial charge in [0.15, 0.2) is 0 Å². The van der Waals surface area contributed by atoms with Gasteiger partial charge in [-0.05, 0) is 48.3 Å². The Labute approximate surface area is 63.0 Å². The van der Waals surface area contributed by atoms with E-state index < -0.39 is 0 Å². The van der Waals surface area contributed by atoms with Gasteiger partial charge >= 0.3 is 0 Å². The van der Waals surface area contributed by atoms with Crippen molar-refractivity contribution < 1.29 is 0 Å². The van der Waals surface area contributed by atoms with Crippen molar-refractivity contribution in [1.82, 2.24) is 0 Å². The van der Waals surface area contributed by atoms with Crippen molar-refractivity contribution in [2.45, 2.75) is 33.1 Å². The molecule has 4 atom stereocenters. The third kappa shape index (κ3) is 0.383. The van der Waals surface area contributed by atoms with Crippen LogP contribution in [0, 0.1) is 29.1 Å². The molecule has 0 aromatic heterocycles. The van der Waals surface area contributed by atoms with Gasteiger partial charge in [-0.15, -0.1) is 0 Å². The smallest absolute Gasteiger partial charge is 0.0227 e. The standard InChI is InChI=1S/C10H16/c1-6(2)4-10-5-7-3-8(10)9(7)10/h6-9H,3-5H2,1-2H3. The maximum atomic E-state index is 2.37. The molecule has 0 nitrogen and oxygen atoms in total. The Balaban J connectivity index is 1.74. The predicted molar refractivity (Wildman–Crippen MR) is 41.6 cm³/mol. The molecule has 0 radical (unpaired) electrons. The summed E-state index contributed by atoms with van der Waals surface area (Å²) in [6.45, 7) is 4.75. The summed E-state index contributed by atoms with van der Waals surface area (Å²) in [6.07, 6.45) is 4.76. The van der Waals surface area contributed by atoms with Crippen molar-refractivity contribution in [3.8, 4) is 0 Å². The van der Waals surface area contributed by atoms with Gasteiger partial charge in [-0.3, -0.25) is 0 Å². The van der Waals surface area contributed by atoms with E-state index in [1.165, 1.54) is 17.8 Å². The molecule has 3 aliphatic rings. The van der Waals surface area contributed by atoms with E-state index in [0.29, 0.717) is 0 Å². The van der Waals surface area contributed by atoms with Crippen molar-refractivity contribution in [2.75, 3.05) is 0 Å². The minimum Gasteiger partial charge on any atom is -0.0628 e. The van der Waals surface area contributed by atoms with Gasteiger partial charge in [0, 0.05) is 0 Å². The Bertz CT molecular complexity index is 176. The van der Waals surface area contributed by atoms with Crippen LogP contribution in [0.5, 0.6) is 0 Å². The SMILES string of the molecule is CC(C)CC12CC3CC1C32. The van der Waals surface area contributed by atoms with Crippen LogP contribution in [0.25, 0.3) is 0 Å². The third-order valence-corrected chi connectivity index (χ3v) is 4.22. The first-order valence-corrected chi connectivity index (χ1v) is 4.74. The van der Waals surface area contributed by atoms with Gasteiger partial charge in [0.05, 0.1) is 0 Å². The van der Waals surface area contributed by atoms with Gasteiger partial charge in [0.1, 0.15) is 0 Å². The molecule has 4 unspecified atom stereocenters. The maximum absolute atomic E-state index is 2.37. The van der Waals surface area contributed by atoms with Crippen LogP contribution in [0.2, 0.25) is 0 Å². The lowest BCUT2D eigenvalue weighted by atomic mass is 9.71. The van der Waals surface area contributed by atoms with Gasteiger partial charge in [0.2, 0.25) is 0 Å². The summed E-state index contributed by atoms with van der Waals surface area (Å²) < 4.78 is 0. The zero-order chi connectivity index (χ0) is 6.93. The Morgan fingerprint density at radius 2 is 2.30 bits per heavy atom. The van der Waals surface area contributed by atoms with Crippen LogP contribution in [-0.2, 0) is 0 Å². The van der Waals surface area contributed by atoms with Gasteiger partial charge in [-0.2, -0.15) is 0 Å². The summed E-state index contributed by atoms with van der Waals surface area (Å²) in [5.74, 6) is 4.63. The second kappa shape index (κ2) is 1.31. The minimum atomic E-state index is 0.943.